The van der Waals surface area contributed by atoms with Crippen molar-refractivity contribution in [3.63, 3.8) is 0 Å². The largest absolute Gasteiger partial charge is 0.393 e. The van der Waals surface area contributed by atoms with E-state index in [0.717, 1.165) is 18.3 Å². The molecule has 0 aromatic carbocycles. The van der Waals surface area contributed by atoms with E-state index < -0.39 is 0 Å². The Morgan fingerprint density at radius 3 is 2.12 bits per heavy atom. The molecule has 1 aliphatic carbocycles. The van der Waals surface area contributed by atoms with E-state index in [0.29, 0.717) is 11.3 Å². The Morgan fingerprint density at radius 1 is 1.12 bits per heavy atom. The van der Waals surface area contributed by atoms with Gasteiger partial charge in [-0.1, -0.05) is 47.5 Å². The molecule has 0 heterocycles. The van der Waals surface area contributed by atoms with E-state index in [4.69, 9.17) is 0 Å². The first-order valence-electron chi connectivity index (χ1n) is 7.08. The first kappa shape index (κ1) is 14.0. The highest BCUT2D eigenvalue weighted by molar-refractivity contribution is 4.87. The number of rotatable bonds is 3. The molecule has 0 aliphatic heterocycles. The molecule has 3 atom stereocenters. The van der Waals surface area contributed by atoms with Crippen molar-refractivity contribution < 1.29 is 5.11 Å². The molecule has 0 radical (unpaired) electrons. The van der Waals surface area contributed by atoms with E-state index in [2.05, 4.69) is 34.6 Å². The highest BCUT2D eigenvalue weighted by Gasteiger charge is 2.37. The lowest BCUT2D eigenvalue weighted by Crippen LogP contribution is -2.38. The minimum Gasteiger partial charge on any atom is -0.393 e. The van der Waals surface area contributed by atoms with Gasteiger partial charge in [-0.2, -0.15) is 0 Å². The summed E-state index contributed by atoms with van der Waals surface area (Å²) in [5, 5.41) is 10.2. The number of hydrogen-bond donors (Lipinski definition) is 1. The molecular weight excluding hydrogens is 196 g/mol. The molecule has 0 amide bonds. The first-order valence-corrected chi connectivity index (χ1v) is 7.08. The molecule has 96 valence electrons. The van der Waals surface area contributed by atoms with Crippen molar-refractivity contribution >= 4 is 0 Å². The Labute approximate surface area is 102 Å². The second-order valence-corrected chi connectivity index (χ2v) is 6.68. The normalized spacial score (nSPS) is 32.1. The smallest absolute Gasteiger partial charge is 0.0571 e. The Kier molecular flexibility index (Phi) is 4.85. The van der Waals surface area contributed by atoms with Gasteiger partial charge in [0.15, 0.2) is 0 Å². The summed E-state index contributed by atoms with van der Waals surface area (Å²) in [6.07, 6.45) is 5.86. The van der Waals surface area contributed by atoms with Crippen LogP contribution >= 0.6 is 0 Å². The SMILES string of the molecule is CCC(CC)C1CC(C(C)(C)C)CCC1O. The third kappa shape index (κ3) is 3.23. The van der Waals surface area contributed by atoms with Crippen LogP contribution in [-0.4, -0.2) is 11.2 Å². The summed E-state index contributed by atoms with van der Waals surface area (Å²) in [7, 11) is 0. The zero-order chi connectivity index (χ0) is 12.3. The van der Waals surface area contributed by atoms with Crippen LogP contribution < -0.4 is 0 Å². The van der Waals surface area contributed by atoms with Crippen LogP contribution in [0.2, 0.25) is 0 Å². The average Bonchev–Trinajstić information content (AvgIpc) is 2.20. The average molecular weight is 226 g/mol. The molecule has 1 nitrogen and oxygen atoms in total. The molecule has 0 aromatic heterocycles. The maximum Gasteiger partial charge on any atom is 0.0571 e. The predicted molar refractivity (Wildman–Crippen MR) is 70.4 cm³/mol. The molecule has 0 aromatic rings. The van der Waals surface area contributed by atoms with Crippen LogP contribution in [0.15, 0.2) is 0 Å². The summed E-state index contributed by atoms with van der Waals surface area (Å²) in [5.74, 6) is 2.06. The van der Waals surface area contributed by atoms with Crippen LogP contribution in [0.3, 0.4) is 0 Å². The van der Waals surface area contributed by atoms with Crippen molar-refractivity contribution in [2.45, 2.75) is 72.8 Å². The predicted octanol–water partition coefficient (Wildman–Crippen LogP) is 4.25. The molecule has 0 saturated heterocycles. The Hall–Kier alpha value is -0.0400. The van der Waals surface area contributed by atoms with Gasteiger partial charge >= 0.3 is 0 Å². The van der Waals surface area contributed by atoms with Crippen LogP contribution in [0.5, 0.6) is 0 Å². The second-order valence-electron chi connectivity index (χ2n) is 6.68. The fourth-order valence-corrected chi connectivity index (χ4v) is 3.38. The van der Waals surface area contributed by atoms with Crippen LogP contribution in [0, 0.1) is 23.2 Å². The topological polar surface area (TPSA) is 20.2 Å². The monoisotopic (exact) mass is 226 g/mol. The highest BCUT2D eigenvalue weighted by atomic mass is 16.3. The quantitative estimate of drug-likeness (QED) is 0.763. The van der Waals surface area contributed by atoms with Crippen molar-refractivity contribution in [2.24, 2.45) is 23.2 Å². The van der Waals surface area contributed by atoms with Gasteiger partial charge in [0, 0.05) is 0 Å². The van der Waals surface area contributed by atoms with E-state index in [1.807, 2.05) is 0 Å². The van der Waals surface area contributed by atoms with E-state index in [1.54, 1.807) is 0 Å². The fraction of sp³-hybridized carbons (Fsp3) is 1.00. The summed E-state index contributed by atoms with van der Waals surface area (Å²) >= 11 is 0. The third-order valence-corrected chi connectivity index (χ3v) is 4.74. The first-order chi connectivity index (χ1) is 7.40. The molecule has 1 saturated carbocycles. The molecule has 1 heteroatoms. The van der Waals surface area contributed by atoms with Crippen molar-refractivity contribution in [3.8, 4) is 0 Å². The molecule has 1 rings (SSSR count). The lowest BCUT2D eigenvalue weighted by atomic mass is 9.64. The standard InChI is InChI=1S/C15H30O/c1-6-11(7-2)13-10-12(15(3,4)5)8-9-14(13)16/h11-14,16H,6-10H2,1-5H3. The van der Waals surface area contributed by atoms with Crippen molar-refractivity contribution in [1.29, 1.82) is 0 Å². The maximum absolute atomic E-state index is 10.2. The van der Waals surface area contributed by atoms with Crippen molar-refractivity contribution in [1.82, 2.24) is 0 Å². The Bertz CT molecular complexity index is 200. The summed E-state index contributed by atoms with van der Waals surface area (Å²) in [6.45, 7) is 11.6. The molecular formula is C15H30O. The van der Waals surface area contributed by atoms with Gasteiger partial charge in [0.05, 0.1) is 6.10 Å². The van der Waals surface area contributed by atoms with E-state index in [-0.39, 0.29) is 6.10 Å². The molecule has 0 bridgehead atoms. The zero-order valence-corrected chi connectivity index (χ0v) is 11.8. The lowest BCUT2D eigenvalue weighted by Gasteiger charge is -2.42. The molecule has 3 unspecified atom stereocenters. The third-order valence-electron chi connectivity index (χ3n) is 4.74. The van der Waals surface area contributed by atoms with Crippen molar-refractivity contribution in [2.75, 3.05) is 0 Å². The van der Waals surface area contributed by atoms with E-state index >= 15 is 0 Å². The maximum atomic E-state index is 10.2. The minimum absolute atomic E-state index is 0.0384. The van der Waals surface area contributed by atoms with Gasteiger partial charge in [0.1, 0.15) is 0 Å². The fourth-order valence-electron chi connectivity index (χ4n) is 3.38. The Morgan fingerprint density at radius 2 is 1.69 bits per heavy atom. The van der Waals surface area contributed by atoms with Crippen LogP contribution in [0.4, 0.5) is 0 Å². The lowest BCUT2D eigenvalue weighted by molar-refractivity contribution is -0.00929. The zero-order valence-electron chi connectivity index (χ0n) is 11.8. The van der Waals surface area contributed by atoms with Crippen LogP contribution in [0.25, 0.3) is 0 Å². The number of hydrogen-bond acceptors (Lipinski definition) is 1. The molecule has 0 spiro atoms. The molecule has 1 N–H and O–H groups in total. The second kappa shape index (κ2) is 5.53. The van der Waals surface area contributed by atoms with Crippen LogP contribution in [0.1, 0.15) is 66.7 Å². The van der Waals surface area contributed by atoms with Crippen LogP contribution in [-0.2, 0) is 0 Å². The molecule has 1 fully saturated rings. The van der Waals surface area contributed by atoms with Crippen molar-refractivity contribution in [3.05, 3.63) is 0 Å². The minimum atomic E-state index is -0.0384. The summed E-state index contributed by atoms with van der Waals surface area (Å²) in [6, 6.07) is 0. The Balaban J connectivity index is 2.68. The van der Waals surface area contributed by atoms with Gasteiger partial charge in [-0.05, 0) is 42.4 Å². The summed E-state index contributed by atoms with van der Waals surface area (Å²) in [5.41, 5.74) is 0.407. The summed E-state index contributed by atoms with van der Waals surface area (Å²) in [4.78, 5) is 0. The molecule has 16 heavy (non-hydrogen) atoms. The van der Waals surface area contributed by atoms with Gasteiger partial charge in [0.2, 0.25) is 0 Å². The van der Waals surface area contributed by atoms with E-state index in [1.165, 1.54) is 25.7 Å². The number of aliphatic hydroxyl groups is 1. The highest BCUT2D eigenvalue weighted by Crippen LogP contribution is 2.43. The van der Waals surface area contributed by atoms with Gasteiger partial charge in [0.25, 0.3) is 0 Å². The number of aliphatic hydroxyl groups excluding tert-OH is 1. The molecule has 1 aliphatic rings. The van der Waals surface area contributed by atoms with Gasteiger partial charge < -0.3 is 5.11 Å². The van der Waals surface area contributed by atoms with Gasteiger partial charge in [-0.25, -0.2) is 0 Å². The summed E-state index contributed by atoms with van der Waals surface area (Å²) < 4.78 is 0. The van der Waals surface area contributed by atoms with Gasteiger partial charge in [-0.3, -0.25) is 0 Å². The van der Waals surface area contributed by atoms with Gasteiger partial charge in [-0.15, -0.1) is 0 Å². The van der Waals surface area contributed by atoms with E-state index in [9.17, 15) is 5.11 Å².